The summed E-state index contributed by atoms with van der Waals surface area (Å²) in [4.78, 5) is 29.4. The lowest BCUT2D eigenvalue weighted by atomic mass is 9.77. The average molecular weight is 329 g/mol. The van der Waals surface area contributed by atoms with Gasteiger partial charge in [-0.2, -0.15) is 0 Å². The van der Waals surface area contributed by atoms with Crippen LogP contribution in [-0.4, -0.2) is 39.8 Å². The molecule has 1 aliphatic carbocycles. The van der Waals surface area contributed by atoms with Gasteiger partial charge in [0.1, 0.15) is 0 Å². The number of amides is 2. The van der Waals surface area contributed by atoms with Gasteiger partial charge >= 0.3 is 0 Å². The van der Waals surface area contributed by atoms with Crippen molar-refractivity contribution in [1.29, 1.82) is 0 Å². The smallest absolute Gasteiger partial charge is 0.223 e. The first-order valence-corrected chi connectivity index (χ1v) is 8.96. The minimum atomic E-state index is 0.0107. The fourth-order valence-corrected chi connectivity index (χ4v) is 4.19. The molecule has 0 bridgehead atoms. The van der Waals surface area contributed by atoms with Crippen molar-refractivity contribution < 1.29 is 9.59 Å². The molecule has 3 rings (SSSR count). The van der Waals surface area contributed by atoms with Gasteiger partial charge in [0.25, 0.3) is 0 Å². The van der Waals surface area contributed by atoms with Crippen molar-refractivity contribution in [3.8, 4) is 0 Å². The van der Waals surface area contributed by atoms with Gasteiger partial charge in [-0.15, -0.1) is 6.58 Å². The van der Waals surface area contributed by atoms with Crippen LogP contribution in [-0.2, 0) is 16.0 Å². The molecule has 0 aromatic carbocycles. The Morgan fingerprint density at radius 1 is 1.42 bits per heavy atom. The maximum absolute atomic E-state index is 12.1. The molecule has 2 N–H and O–H groups in total. The van der Waals surface area contributed by atoms with Gasteiger partial charge in [-0.3, -0.25) is 9.59 Å². The predicted molar refractivity (Wildman–Crippen MR) is 93.4 cm³/mol. The third kappa shape index (κ3) is 3.55. The summed E-state index contributed by atoms with van der Waals surface area (Å²) in [7, 11) is 0. The summed E-state index contributed by atoms with van der Waals surface area (Å²) in [6, 6.07) is 4.20. The Morgan fingerprint density at radius 2 is 2.21 bits per heavy atom. The number of nitrogens with zero attached hydrogens (tertiary/aromatic N) is 1. The van der Waals surface area contributed by atoms with Crippen molar-refractivity contribution in [2.75, 3.05) is 6.54 Å². The molecule has 0 radical (unpaired) electrons. The standard InChI is InChI=1S/C19H27N3O2/c1-2-14-22-18(24)9-12-19(22)10-7-16(8-11-19)21-17(23)6-5-15-4-3-13-20-15/h2-4,13,16,20H,1,5-12,14H2,(H,21,23). The highest BCUT2D eigenvalue weighted by Crippen LogP contribution is 2.42. The molecule has 1 aromatic heterocycles. The Morgan fingerprint density at radius 3 is 2.88 bits per heavy atom. The number of hydrogen-bond acceptors (Lipinski definition) is 2. The normalized spacial score (nSPS) is 26.8. The van der Waals surface area contributed by atoms with E-state index >= 15 is 0 Å². The van der Waals surface area contributed by atoms with Crippen LogP contribution in [0.5, 0.6) is 0 Å². The number of aryl methyl sites for hydroxylation is 1. The van der Waals surface area contributed by atoms with Crippen LogP contribution in [0.3, 0.4) is 0 Å². The van der Waals surface area contributed by atoms with Crippen LogP contribution >= 0.6 is 0 Å². The number of aromatic amines is 1. The molecule has 1 aliphatic heterocycles. The Labute approximate surface area is 143 Å². The fourth-order valence-electron chi connectivity index (χ4n) is 4.19. The number of likely N-dealkylation sites (tertiary alicyclic amines) is 1. The molecule has 1 saturated heterocycles. The molecule has 0 atom stereocenters. The molecule has 2 heterocycles. The van der Waals surface area contributed by atoms with Crippen LogP contribution in [0.25, 0.3) is 0 Å². The molecule has 0 unspecified atom stereocenters. The second kappa shape index (κ2) is 7.24. The molecule has 5 heteroatoms. The molecule has 130 valence electrons. The highest BCUT2D eigenvalue weighted by atomic mass is 16.2. The van der Waals surface area contributed by atoms with Crippen LogP contribution in [0, 0.1) is 0 Å². The van der Waals surface area contributed by atoms with Crippen molar-refractivity contribution >= 4 is 11.8 Å². The second-order valence-electron chi connectivity index (χ2n) is 7.05. The summed E-state index contributed by atoms with van der Waals surface area (Å²) in [5.74, 6) is 0.374. The van der Waals surface area contributed by atoms with E-state index in [1.54, 1.807) is 0 Å². The highest BCUT2D eigenvalue weighted by molar-refractivity contribution is 5.80. The summed E-state index contributed by atoms with van der Waals surface area (Å²) < 4.78 is 0. The van der Waals surface area contributed by atoms with Gasteiger partial charge in [-0.1, -0.05) is 6.08 Å². The molecule has 1 aromatic rings. The molecule has 24 heavy (non-hydrogen) atoms. The molecule has 2 aliphatic rings. The van der Waals surface area contributed by atoms with Gasteiger partial charge in [0.05, 0.1) is 0 Å². The number of H-pyrrole nitrogens is 1. The Bertz CT molecular complexity index is 586. The summed E-state index contributed by atoms with van der Waals surface area (Å²) in [5.41, 5.74) is 1.11. The van der Waals surface area contributed by atoms with E-state index in [2.05, 4.69) is 16.9 Å². The Kier molecular flexibility index (Phi) is 5.07. The van der Waals surface area contributed by atoms with E-state index in [0.717, 1.165) is 44.2 Å². The lowest BCUT2D eigenvalue weighted by Crippen LogP contribution is -2.51. The van der Waals surface area contributed by atoms with Gasteiger partial charge < -0.3 is 15.2 Å². The first-order valence-electron chi connectivity index (χ1n) is 8.96. The zero-order chi connectivity index (χ0) is 17.0. The van der Waals surface area contributed by atoms with Gasteiger partial charge in [-0.05, 0) is 50.7 Å². The minimum Gasteiger partial charge on any atom is -0.365 e. The lowest BCUT2D eigenvalue weighted by Gasteiger charge is -2.43. The SMILES string of the molecule is C=CCN1C(=O)CCC12CCC(NC(=O)CCc1ccc[nH]1)CC2. The fraction of sp³-hybridized carbons (Fsp3) is 0.579. The van der Waals surface area contributed by atoms with E-state index in [1.165, 1.54) is 0 Å². The molecule has 1 saturated carbocycles. The monoisotopic (exact) mass is 329 g/mol. The van der Waals surface area contributed by atoms with E-state index < -0.39 is 0 Å². The van der Waals surface area contributed by atoms with Crippen molar-refractivity contribution in [3.05, 3.63) is 36.7 Å². The molecule has 1 spiro atoms. The van der Waals surface area contributed by atoms with Crippen molar-refractivity contribution in [1.82, 2.24) is 15.2 Å². The van der Waals surface area contributed by atoms with E-state index in [1.807, 2.05) is 29.3 Å². The maximum atomic E-state index is 12.1. The quantitative estimate of drug-likeness (QED) is 0.788. The van der Waals surface area contributed by atoms with Crippen LogP contribution < -0.4 is 5.32 Å². The number of hydrogen-bond donors (Lipinski definition) is 2. The Hall–Kier alpha value is -2.04. The minimum absolute atomic E-state index is 0.0107. The third-order valence-electron chi connectivity index (χ3n) is 5.55. The van der Waals surface area contributed by atoms with Crippen LogP contribution in [0.2, 0.25) is 0 Å². The number of rotatable bonds is 6. The van der Waals surface area contributed by atoms with Crippen molar-refractivity contribution in [2.45, 2.75) is 62.9 Å². The van der Waals surface area contributed by atoms with E-state index in [9.17, 15) is 9.59 Å². The molecular formula is C19H27N3O2. The largest absolute Gasteiger partial charge is 0.365 e. The van der Waals surface area contributed by atoms with Gasteiger partial charge in [0.2, 0.25) is 11.8 Å². The summed E-state index contributed by atoms with van der Waals surface area (Å²) in [5, 5.41) is 3.17. The summed E-state index contributed by atoms with van der Waals surface area (Å²) >= 11 is 0. The van der Waals surface area contributed by atoms with Crippen LogP contribution in [0.15, 0.2) is 31.0 Å². The van der Waals surface area contributed by atoms with Crippen LogP contribution in [0.4, 0.5) is 0 Å². The molecule has 5 nitrogen and oxygen atoms in total. The second-order valence-corrected chi connectivity index (χ2v) is 7.05. The van der Waals surface area contributed by atoms with Gasteiger partial charge in [0, 0.05) is 42.9 Å². The highest BCUT2D eigenvalue weighted by Gasteiger charge is 2.46. The first-order chi connectivity index (χ1) is 11.6. The number of aromatic nitrogens is 1. The Balaban J connectivity index is 1.47. The van der Waals surface area contributed by atoms with E-state index in [4.69, 9.17) is 0 Å². The summed E-state index contributed by atoms with van der Waals surface area (Å²) in [6.07, 6.45) is 10.4. The average Bonchev–Trinajstić information content (AvgIpc) is 3.20. The number of nitrogens with one attached hydrogen (secondary N) is 2. The zero-order valence-corrected chi connectivity index (χ0v) is 14.2. The van der Waals surface area contributed by atoms with Crippen molar-refractivity contribution in [3.63, 3.8) is 0 Å². The van der Waals surface area contributed by atoms with Crippen LogP contribution in [0.1, 0.15) is 50.6 Å². The van der Waals surface area contributed by atoms with Gasteiger partial charge in [0.15, 0.2) is 0 Å². The maximum Gasteiger partial charge on any atom is 0.223 e. The van der Waals surface area contributed by atoms with E-state index in [0.29, 0.717) is 19.4 Å². The number of carbonyl (C=O) groups is 2. The summed E-state index contributed by atoms with van der Waals surface area (Å²) in [6.45, 7) is 4.42. The topological polar surface area (TPSA) is 65.2 Å². The molecule has 2 amide bonds. The predicted octanol–water partition coefficient (Wildman–Crippen LogP) is 2.55. The molecule has 2 fully saturated rings. The third-order valence-corrected chi connectivity index (χ3v) is 5.55. The van der Waals surface area contributed by atoms with Gasteiger partial charge in [-0.25, -0.2) is 0 Å². The van der Waals surface area contributed by atoms with E-state index in [-0.39, 0.29) is 23.4 Å². The molecular weight excluding hydrogens is 302 g/mol. The first kappa shape index (κ1) is 16.8. The van der Waals surface area contributed by atoms with Crippen molar-refractivity contribution in [2.24, 2.45) is 0 Å². The zero-order valence-electron chi connectivity index (χ0n) is 14.2. The number of carbonyl (C=O) groups excluding carboxylic acids is 2. The lowest BCUT2D eigenvalue weighted by molar-refractivity contribution is -0.132.